The molecule has 4 heteroatoms. The summed E-state index contributed by atoms with van der Waals surface area (Å²) in [5, 5.41) is 18.5. The highest BCUT2D eigenvalue weighted by atomic mass is 16.5. The molecule has 1 saturated heterocycles. The maximum atomic E-state index is 10.7. The fourth-order valence-electron chi connectivity index (χ4n) is 1.50. The molecule has 13 heavy (non-hydrogen) atoms. The van der Waals surface area contributed by atoms with Gasteiger partial charge < -0.3 is 14.9 Å². The average molecular weight is 188 g/mol. The molecule has 2 N–H and O–H groups in total. The van der Waals surface area contributed by atoms with E-state index in [1.807, 2.05) is 13.8 Å². The molecular weight excluding hydrogens is 172 g/mol. The van der Waals surface area contributed by atoms with Crippen molar-refractivity contribution in [3.8, 4) is 0 Å². The highest BCUT2D eigenvalue weighted by Crippen LogP contribution is 2.28. The van der Waals surface area contributed by atoms with Gasteiger partial charge in [-0.1, -0.05) is 13.8 Å². The fourth-order valence-corrected chi connectivity index (χ4v) is 1.50. The first-order chi connectivity index (χ1) is 5.96. The zero-order chi connectivity index (χ0) is 10.1. The lowest BCUT2D eigenvalue weighted by Crippen LogP contribution is -2.48. The summed E-state index contributed by atoms with van der Waals surface area (Å²) < 4.78 is 5.36. The molecule has 0 amide bonds. The predicted molar refractivity (Wildman–Crippen MR) is 46.4 cm³/mol. The lowest BCUT2D eigenvalue weighted by molar-refractivity contribution is -0.176. The van der Waals surface area contributed by atoms with E-state index in [2.05, 4.69) is 0 Å². The van der Waals surface area contributed by atoms with E-state index in [0.717, 1.165) is 0 Å². The van der Waals surface area contributed by atoms with Gasteiger partial charge in [0.2, 0.25) is 0 Å². The average Bonchev–Trinajstić information content (AvgIpc) is 2.04. The van der Waals surface area contributed by atoms with Crippen LogP contribution < -0.4 is 0 Å². The lowest BCUT2D eigenvalue weighted by Gasteiger charge is -2.35. The Morgan fingerprint density at radius 1 is 1.62 bits per heavy atom. The van der Waals surface area contributed by atoms with Crippen molar-refractivity contribution in [2.75, 3.05) is 6.61 Å². The van der Waals surface area contributed by atoms with Gasteiger partial charge in [-0.2, -0.15) is 0 Å². The van der Waals surface area contributed by atoms with Crippen molar-refractivity contribution in [2.24, 2.45) is 5.92 Å². The molecule has 1 fully saturated rings. The standard InChI is InChI=1S/C9H16O4/c1-6(2)7-5-9(12,8(10)11)3-4-13-7/h6-7,12H,3-5H2,1-2H3,(H,10,11). The number of carboxylic acids is 1. The Balaban J connectivity index is 2.65. The van der Waals surface area contributed by atoms with Crippen LogP contribution in [0.3, 0.4) is 0 Å². The smallest absolute Gasteiger partial charge is 0.335 e. The molecule has 0 aromatic rings. The zero-order valence-electron chi connectivity index (χ0n) is 7.99. The quantitative estimate of drug-likeness (QED) is 0.667. The van der Waals surface area contributed by atoms with E-state index in [4.69, 9.17) is 9.84 Å². The number of carboxylic acid groups (broad SMARTS) is 1. The van der Waals surface area contributed by atoms with Crippen LogP contribution in [0.1, 0.15) is 26.7 Å². The van der Waals surface area contributed by atoms with Crippen LogP contribution in [0.4, 0.5) is 0 Å². The van der Waals surface area contributed by atoms with Crippen LogP contribution >= 0.6 is 0 Å². The Morgan fingerprint density at radius 2 is 2.23 bits per heavy atom. The Morgan fingerprint density at radius 3 is 2.69 bits per heavy atom. The van der Waals surface area contributed by atoms with E-state index < -0.39 is 11.6 Å². The number of hydrogen-bond acceptors (Lipinski definition) is 3. The molecule has 1 rings (SSSR count). The van der Waals surface area contributed by atoms with Gasteiger partial charge in [-0.15, -0.1) is 0 Å². The molecule has 0 aliphatic carbocycles. The second-order valence-electron chi connectivity index (χ2n) is 3.94. The van der Waals surface area contributed by atoms with E-state index in [1.165, 1.54) is 0 Å². The predicted octanol–water partition coefficient (Wildman–Crippen LogP) is 0.637. The largest absolute Gasteiger partial charge is 0.479 e. The number of rotatable bonds is 2. The minimum atomic E-state index is -1.58. The molecular formula is C9H16O4. The maximum absolute atomic E-state index is 10.7. The SMILES string of the molecule is CC(C)C1CC(O)(C(=O)O)CCO1. The van der Waals surface area contributed by atoms with Gasteiger partial charge in [-0.25, -0.2) is 4.79 Å². The summed E-state index contributed by atoms with van der Waals surface area (Å²) in [6.45, 7) is 4.24. The van der Waals surface area contributed by atoms with Gasteiger partial charge >= 0.3 is 5.97 Å². The van der Waals surface area contributed by atoms with Gasteiger partial charge in [0.05, 0.1) is 12.7 Å². The van der Waals surface area contributed by atoms with Crippen molar-refractivity contribution in [3.63, 3.8) is 0 Å². The number of aliphatic carboxylic acids is 1. The third kappa shape index (κ3) is 2.19. The minimum Gasteiger partial charge on any atom is -0.479 e. The van der Waals surface area contributed by atoms with Gasteiger partial charge in [-0.05, 0) is 5.92 Å². The van der Waals surface area contributed by atoms with Crippen LogP contribution in [0.5, 0.6) is 0 Å². The highest BCUT2D eigenvalue weighted by Gasteiger charge is 2.42. The normalized spacial score (nSPS) is 34.9. The van der Waals surface area contributed by atoms with Crippen molar-refractivity contribution < 1.29 is 19.7 Å². The number of hydrogen-bond donors (Lipinski definition) is 2. The zero-order valence-corrected chi connectivity index (χ0v) is 7.99. The van der Waals surface area contributed by atoms with Crippen molar-refractivity contribution >= 4 is 5.97 Å². The summed E-state index contributed by atoms with van der Waals surface area (Å²) in [7, 11) is 0. The Kier molecular flexibility index (Phi) is 2.93. The highest BCUT2D eigenvalue weighted by molar-refractivity contribution is 5.77. The summed E-state index contributed by atoms with van der Waals surface area (Å²) >= 11 is 0. The molecule has 0 saturated carbocycles. The van der Waals surface area contributed by atoms with E-state index in [0.29, 0.717) is 6.61 Å². The topological polar surface area (TPSA) is 66.8 Å². The molecule has 0 aromatic carbocycles. The molecule has 0 spiro atoms. The Bertz CT molecular complexity index is 202. The van der Waals surface area contributed by atoms with Crippen molar-refractivity contribution in [3.05, 3.63) is 0 Å². The molecule has 2 unspecified atom stereocenters. The van der Waals surface area contributed by atoms with Crippen LogP contribution in [0.15, 0.2) is 0 Å². The number of aliphatic hydroxyl groups is 1. The van der Waals surface area contributed by atoms with Crippen LogP contribution in [-0.2, 0) is 9.53 Å². The molecule has 0 aromatic heterocycles. The van der Waals surface area contributed by atoms with Gasteiger partial charge in [0, 0.05) is 12.8 Å². The van der Waals surface area contributed by atoms with Crippen LogP contribution in [0.25, 0.3) is 0 Å². The second kappa shape index (κ2) is 3.64. The van der Waals surface area contributed by atoms with Crippen molar-refractivity contribution in [2.45, 2.75) is 38.4 Å². The van der Waals surface area contributed by atoms with Gasteiger partial charge in [0.1, 0.15) is 0 Å². The molecule has 1 heterocycles. The first-order valence-corrected chi connectivity index (χ1v) is 4.53. The van der Waals surface area contributed by atoms with E-state index in [-0.39, 0.29) is 24.9 Å². The van der Waals surface area contributed by atoms with Crippen LogP contribution in [-0.4, -0.2) is 34.5 Å². The van der Waals surface area contributed by atoms with Crippen molar-refractivity contribution in [1.29, 1.82) is 0 Å². The van der Waals surface area contributed by atoms with Crippen LogP contribution in [0, 0.1) is 5.92 Å². The fraction of sp³-hybridized carbons (Fsp3) is 0.889. The van der Waals surface area contributed by atoms with Gasteiger partial charge in [0.25, 0.3) is 0 Å². The van der Waals surface area contributed by atoms with E-state index in [9.17, 15) is 9.90 Å². The molecule has 0 bridgehead atoms. The summed E-state index contributed by atoms with van der Waals surface area (Å²) in [4.78, 5) is 10.7. The third-order valence-electron chi connectivity index (χ3n) is 2.53. The minimum absolute atomic E-state index is 0.144. The molecule has 4 nitrogen and oxygen atoms in total. The Labute approximate surface area is 77.5 Å². The summed E-state index contributed by atoms with van der Waals surface area (Å²) in [6, 6.07) is 0. The summed E-state index contributed by atoms with van der Waals surface area (Å²) in [5.41, 5.74) is -1.58. The molecule has 0 radical (unpaired) electrons. The maximum Gasteiger partial charge on any atom is 0.335 e. The van der Waals surface area contributed by atoms with Crippen LogP contribution in [0.2, 0.25) is 0 Å². The lowest BCUT2D eigenvalue weighted by atomic mass is 9.86. The molecule has 2 atom stereocenters. The molecule has 1 aliphatic rings. The van der Waals surface area contributed by atoms with Gasteiger partial charge in [-0.3, -0.25) is 0 Å². The van der Waals surface area contributed by atoms with E-state index in [1.54, 1.807) is 0 Å². The molecule has 1 aliphatic heterocycles. The second-order valence-corrected chi connectivity index (χ2v) is 3.94. The first kappa shape index (κ1) is 10.5. The number of carbonyl (C=O) groups is 1. The third-order valence-corrected chi connectivity index (χ3v) is 2.53. The summed E-state index contributed by atoms with van der Waals surface area (Å²) in [6.07, 6.45) is 0.237. The van der Waals surface area contributed by atoms with E-state index >= 15 is 0 Å². The van der Waals surface area contributed by atoms with Gasteiger partial charge in [0.15, 0.2) is 5.60 Å². The Hall–Kier alpha value is -0.610. The first-order valence-electron chi connectivity index (χ1n) is 4.53. The summed E-state index contributed by atoms with van der Waals surface area (Å²) in [5.74, 6) is -0.896. The molecule has 76 valence electrons. The number of ether oxygens (including phenoxy) is 1. The van der Waals surface area contributed by atoms with Crippen molar-refractivity contribution in [1.82, 2.24) is 0 Å². The monoisotopic (exact) mass is 188 g/mol.